The van der Waals surface area contributed by atoms with Crippen LogP contribution in [0.2, 0.25) is 0 Å². The Hall–Kier alpha value is -0.620. The Morgan fingerprint density at radius 3 is 3.24 bits per heavy atom. The molecule has 3 atom stereocenters. The summed E-state index contributed by atoms with van der Waals surface area (Å²) in [6, 6.07) is 4.51. The van der Waals surface area contributed by atoms with Gasteiger partial charge in [-0.15, -0.1) is 0 Å². The Kier molecular flexibility index (Phi) is 5.16. The van der Waals surface area contributed by atoms with E-state index in [0.717, 1.165) is 38.0 Å². The Labute approximate surface area is 131 Å². The van der Waals surface area contributed by atoms with Crippen LogP contribution in [0, 0.1) is 5.92 Å². The summed E-state index contributed by atoms with van der Waals surface area (Å²) in [7, 11) is 0. The third-order valence-electron chi connectivity index (χ3n) is 4.85. The van der Waals surface area contributed by atoms with Crippen molar-refractivity contribution >= 4 is 11.8 Å². The topological polar surface area (TPSA) is 60.2 Å². The highest BCUT2D eigenvalue weighted by Crippen LogP contribution is 2.41. The first-order chi connectivity index (χ1) is 10.3. The van der Waals surface area contributed by atoms with Gasteiger partial charge >= 0.3 is 0 Å². The van der Waals surface area contributed by atoms with Crippen molar-refractivity contribution in [1.82, 2.24) is 10.4 Å². The van der Waals surface area contributed by atoms with E-state index in [-0.39, 0.29) is 5.60 Å². The lowest BCUT2D eigenvalue weighted by Gasteiger charge is -2.40. The van der Waals surface area contributed by atoms with Crippen molar-refractivity contribution in [2.45, 2.75) is 43.7 Å². The monoisotopic (exact) mass is 307 g/mol. The number of ether oxygens (including phenoxy) is 1. The average molecular weight is 307 g/mol. The number of nitrogens with two attached hydrogens (primary N) is 1. The van der Waals surface area contributed by atoms with Gasteiger partial charge in [0.15, 0.2) is 0 Å². The van der Waals surface area contributed by atoms with E-state index in [1.165, 1.54) is 17.7 Å². The van der Waals surface area contributed by atoms with E-state index in [9.17, 15) is 0 Å². The summed E-state index contributed by atoms with van der Waals surface area (Å²) in [5.74, 6) is 8.86. The fourth-order valence-electron chi connectivity index (χ4n) is 3.60. The zero-order valence-corrected chi connectivity index (χ0v) is 13.3. The van der Waals surface area contributed by atoms with Gasteiger partial charge in [-0.1, -0.05) is 6.07 Å². The quantitative estimate of drug-likeness (QED) is 0.645. The van der Waals surface area contributed by atoms with Crippen molar-refractivity contribution in [2.24, 2.45) is 11.8 Å². The van der Waals surface area contributed by atoms with E-state index in [1.807, 2.05) is 30.2 Å². The molecule has 0 amide bonds. The summed E-state index contributed by atoms with van der Waals surface area (Å²) in [6.45, 7) is 0.885. The molecule has 2 aliphatic rings. The molecular formula is C16H25N3OS. The van der Waals surface area contributed by atoms with Crippen LogP contribution in [-0.2, 0) is 11.2 Å². The molecule has 1 aromatic heterocycles. The first-order valence-electron chi connectivity index (χ1n) is 7.88. The molecule has 0 radical (unpaired) electrons. The van der Waals surface area contributed by atoms with Gasteiger partial charge in [0.1, 0.15) is 0 Å². The highest BCUT2D eigenvalue weighted by atomic mass is 32.2. The number of thioether (sulfide) groups is 1. The van der Waals surface area contributed by atoms with Crippen LogP contribution < -0.4 is 11.3 Å². The Morgan fingerprint density at radius 1 is 1.57 bits per heavy atom. The van der Waals surface area contributed by atoms with E-state index in [4.69, 9.17) is 10.6 Å². The smallest absolute Gasteiger partial charge is 0.0783 e. The standard InChI is InChI=1S/C16H25N3OS/c17-19-15(4-3-13-2-1-7-18-11-13)14-5-8-20-16(10-14)6-9-21-12-16/h1-2,7,11,14-15,19H,3-6,8-10,12,17H2. The van der Waals surface area contributed by atoms with Crippen LogP contribution in [0.5, 0.6) is 0 Å². The lowest BCUT2D eigenvalue weighted by molar-refractivity contribution is -0.0855. The SMILES string of the molecule is NNC(CCc1cccnc1)C1CCOC2(CCSC2)C1. The molecule has 5 heteroatoms. The molecule has 3 rings (SSSR count). The molecule has 3 unspecified atom stereocenters. The summed E-state index contributed by atoms with van der Waals surface area (Å²) >= 11 is 2.03. The van der Waals surface area contributed by atoms with Crippen molar-refractivity contribution in [3.63, 3.8) is 0 Å². The van der Waals surface area contributed by atoms with Crippen LogP contribution in [-0.4, -0.2) is 34.7 Å². The maximum atomic E-state index is 6.11. The largest absolute Gasteiger partial charge is 0.374 e. The third kappa shape index (κ3) is 3.77. The maximum absolute atomic E-state index is 6.11. The fourth-order valence-corrected chi connectivity index (χ4v) is 4.97. The van der Waals surface area contributed by atoms with Crippen LogP contribution >= 0.6 is 11.8 Å². The van der Waals surface area contributed by atoms with E-state index >= 15 is 0 Å². The summed E-state index contributed by atoms with van der Waals surface area (Å²) in [5.41, 5.74) is 4.49. The molecule has 1 aromatic rings. The van der Waals surface area contributed by atoms with E-state index in [1.54, 1.807) is 0 Å². The highest BCUT2D eigenvalue weighted by molar-refractivity contribution is 7.99. The van der Waals surface area contributed by atoms with Gasteiger partial charge in [-0.3, -0.25) is 16.3 Å². The number of nitrogens with one attached hydrogen (secondary N) is 1. The van der Waals surface area contributed by atoms with Crippen LogP contribution in [0.1, 0.15) is 31.2 Å². The van der Waals surface area contributed by atoms with Crippen LogP contribution in [0.15, 0.2) is 24.5 Å². The lowest BCUT2D eigenvalue weighted by atomic mass is 9.80. The molecule has 0 bridgehead atoms. The van der Waals surface area contributed by atoms with Gasteiger partial charge in [0.2, 0.25) is 0 Å². The average Bonchev–Trinajstić information content (AvgIpc) is 2.97. The minimum absolute atomic E-state index is 0.136. The molecule has 116 valence electrons. The van der Waals surface area contributed by atoms with Crippen molar-refractivity contribution in [2.75, 3.05) is 18.1 Å². The van der Waals surface area contributed by atoms with Crippen LogP contribution in [0.25, 0.3) is 0 Å². The van der Waals surface area contributed by atoms with Gasteiger partial charge in [0.25, 0.3) is 0 Å². The maximum Gasteiger partial charge on any atom is 0.0783 e. The van der Waals surface area contributed by atoms with Gasteiger partial charge < -0.3 is 4.74 Å². The van der Waals surface area contributed by atoms with Gasteiger partial charge in [0.05, 0.1) is 5.60 Å². The Balaban J connectivity index is 1.57. The number of aromatic nitrogens is 1. The summed E-state index contributed by atoms with van der Waals surface area (Å²) in [4.78, 5) is 4.18. The molecule has 2 fully saturated rings. The molecule has 3 heterocycles. The third-order valence-corrected chi connectivity index (χ3v) is 6.07. The first kappa shape index (κ1) is 15.3. The molecule has 4 nitrogen and oxygen atoms in total. The highest BCUT2D eigenvalue weighted by Gasteiger charge is 2.42. The lowest BCUT2D eigenvalue weighted by Crippen LogP contribution is -2.49. The zero-order chi connectivity index (χ0) is 14.5. The predicted octanol–water partition coefficient (Wildman–Crippen LogP) is 2.15. The summed E-state index contributed by atoms with van der Waals surface area (Å²) < 4.78 is 6.11. The molecule has 2 saturated heterocycles. The number of rotatable bonds is 5. The fraction of sp³-hybridized carbons (Fsp3) is 0.688. The van der Waals surface area contributed by atoms with E-state index < -0.39 is 0 Å². The normalized spacial score (nSPS) is 30.6. The number of hydrogen-bond donors (Lipinski definition) is 2. The molecule has 0 aromatic carbocycles. The molecule has 1 spiro atoms. The Bertz CT molecular complexity index is 436. The van der Waals surface area contributed by atoms with Crippen molar-refractivity contribution in [3.8, 4) is 0 Å². The van der Waals surface area contributed by atoms with Crippen molar-refractivity contribution < 1.29 is 4.74 Å². The number of aryl methyl sites for hydroxylation is 1. The molecule has 0 saturated carbocycles. The molecule has 2 aliphatic heterocycles. The van der Waals surface area contributed by atoms with E-state index in [0.29, 0.717) is 12.0 Å². The number of nitrogens with zero attached hydrogens (tertiary/aromatic N) is 1. The second-order valence-corrected chi connectivity index (χ2v) is 7.37. The second-order valence-electron chi connectivity index (χ2n) is 6.26. The van der Waals surface area contributed by atoms with Crippen LogP contribution in [0.4, 0.5) is 0 Å². The molecule has 3 N–H and O–H groups in total. The van der Waals surface area contributed by atoms with Crippen LogP contribution in [0.3, 0.4) is 0 Å². The number of hydrogen-bond acceptors (Lipinski definition) is 5. The summed E-state index contributed by atoms with van der Waals surface area (Å²) in [5, 5.41) is 0. The minimum Gasteiger partial charge on any atom is -0.374 e. The van der Waals surface area contributed by atoms with Crippen molar-refractivity contribution in [1.29, 1.82) is 0 Å². The van der Waals surface area contributed by atoms with E-state index in [2.05, 4.69) is 16.5 Å². The minimum atomic E-state index is 0.136. The molecule has 0 aliphatic carbocycles. The second kappa shape index (κ2) is 7.09. The van der Waals surface area contributed by atoms with Gasteiger partial charge in [-0.25, -0.2) is 0 Å². The number of hydrazine groups is 1. The van der Waals surface area contributed by atoms with Gasteiger partial charge in [-0.2, -0.15) is 11.8 Å². The summed E-state index contributed by atoms with van der Waals surface area (Å²) in [6.07, 6.45) is 9.34. The Morgan fingerprint density at radius 2 is 2.52 bits per heavy atom. The molecule has 21 heavy (non-hydrogen) atoms. The zero-order valence-electron chi connectivity index (χ0n) is 12.5. The predicted molar refractivity (Wildman–Crippen MR) is 87.0 cm³/mol. The van der Waals surface area contributed by atoms with Gasteiger partial charge in [0, 0.05) is 30.8 Å². The van der Waals surface area contributed by atoms with Gasteiger partial charge in [-0.05, 0) is 55.4 Å². The van der Waals surface area contributed by atoms with Crippen molar-refractivity contribution in [3.05, 3.63) is 30.1 Å². The first-order valence-corrected chi connectivity index (χ1v) is 9.03. The number of pyridine rings is 1. The molecular weight excluding hydrogens is 282 g/mol.